The quantitative estimate of drug-likeness (QED) is 0.660. The molecule has 0 aliphatic carbocycles. The number of thioether (sulfide) groups is 1. The Bertz CT molecular complexity index is 901. The third-order valence-corrected chi connectivity index (χ3v) is 5.12. The minimum absolute atomic E-state index is 0.246. The summed E-state index contributed by atoms with van der Waals surface area (Å²) >= 11 is 2.55. The summed E-state index contributed by atoms with van der Waals surface area (Å²) in [7, 11) is 0. The summed E-state index contributed by atoms with van der Waals surface area (Å²) in [5.74, 6) is -1.43. The minimum Gasteiger partial charge on any atom is -0.549 e. The van der Waals surface area contributed by atoms with Crippen LogP contribution in [-0.4, -0.2) is 16.7 Å². The molecule has 2 aromatic heterocycles. The number of thiophene rings is 1. The Kier molecular flexibility index (Phi) is 4.94. The van der Waals surface area contributed by atoms with Crippen molar-refractivity contribution < 1.29 is 9.90 Å². The summed E-state index contributed by atoms with van der Waals surface area (Å²) < 4.78 is 0. The van der Waals surface area contributed by atoms with E-state index in [0.717, 1.165) is 33.5 Å². The molecule has 0 spiro atoms. The van der Waals surface area contributed by atoms with Crippen molar-refractivity contribution in [3.05, 3.63) is 59.5 Å². The number of nitriles is 1. The second-order valence-corrected chi connectivity index (χ2v) is 6.76. The number of benzene rings is 1. The Morgan fingerprint density at radius 2 is 2.04 bits per heavy atom. The number of rotatable bonds is 5. The largest absolute Gasteiger partial charge is 0.549 e. The summed E-state index contributed by atoms with van der Waals surface area (Å²) in [6.45, 7) is 0. The lowest BCUT2D eigenvalue weighted by Gasteiger charge is -2.12. The molecule has 0 aliphatic heterocycles. The van der Waals surface area contributed by atoms with E-state index in [-0.39, 0.29) is 5.75 Å². The highest BCUT2D eigenvalue weighted by atomic mass is 32.2. The van der Waals surface area contributed by atoms with Crippen molar-refractivity contribution in [3.63, 3.8) is 0 Å². The zero-order valence-electron chi connectivity index (χ0n) is 12.4. The fourth-order valence-corrected chi connectivity index (χ4v) is 3.66. The Labute approximate surface area is 147 Å². The number of hydrogen-bond acceptors (Lipinski definition) is 6. The van der Waals surface area contributed by atoms with Crippen LogP contribution in [0.2, 0.25) is 0 Å². The predicted molar refractivity (Wildman–Crippen MR) is 93.4 cm³/mol. The van der Waals surface area contributed by atoms with E-state index in [1.165, 1.54) is 0 Å². The molecule has 0 atom stereocenters. The van der Waals surface area contributed by atoms with Crippen molar-refractivity contribution in [3.8, 4) is 27.8 Å². The van der Waals surface area contributed by atoms with E-state index in [9.17, 15) is 15.2 Å². The van der Waals surface area contributed by atoms with Gasteiger partial charge < -0.3 is 9.90 Å². The molecule has 3 aromatic rings. The van der Waals surface area contributed by atoms with E-state index >= 15 is 0 Å². The van der Waals surface area contributed by atoms with Gasteiger partial charge in [-0.25, -0.2) is 4.98 Å². The molecule has 6 heteroatoms. The van der Waals surface area contributed by atoms with Gasteiger partial charge in [-0.2, -0.15) is 5.26 Å². The molecule has 24 heavy (non-hydrogen) atoms. The molecule has 0 amide bonds. The molecule has 1 aromatic carbocycles. The number of carbonyl (C=O) groups excluding carboxylic acids is 1. The lowest BCUT2D eigenvalue weighted by molar-refractivity contribution is -0.301. The number of carbonyl (C=O) groups is 1. The number of nitrogens with zero attached hydrogens (tertiary/aromatic N) is 2. The van der Waals surface area contributed by atoms with Crippen LogP contribution in [-0.2, 0) is 4.79 Å². The van der Waals surface area contributed by atoms with Gasteiger partial charge in [0, 0.05) is 11.3 Å². The minimum atomic E-state index is -1.19. The monoisotopic (exact) mass is 351 g/mol. The number of carboxylic acid groups (broad SMARTS) is 1. The fourth-order valence-electron chi connectivity index (χ4n) is 2.26. The van der Waals surface area contributed by atoms with Gasteiger partial charge in [0.2, 0.25) is 0 Å². The van der Waals surface area contributed by atoms with E-state index in [1.54, 1.807) is 11.3 Å². The average Bonchev–Trinajstić information content (AvgIpc) is 3.14. The van der Waals surface area contributed by atoms with E-state index in [4.69, 9.17) is 0 Å². The second kappa shape index (κ2) is 7.30. The molecule has 3 rings (SSSR count). The molecule has 0 saturated carbocycles. The lowest BCUT2D eigenvalue weighted by atomic mass is 10.0. The molecule has 0 aliphatic rings. The molecule has 4 nitrogen and oxygen atoms in total. The molecule has 118 valence electrons. The Balaban J connectivity index is 2.19. The molecule has 0 bridgehead atoms. The van der Waals surface area contributed by atoms with Crippen molar-refractivity contribution in [2.45, 2.75) is 5.03 Å². The first-order valence-corrected chi connectivity index (χ1v) is 8.92. The molecule has 0 radical (unpaired) electrons. The van der Waals surface area contributed by atoms with Crippen LogP contribution in [0.3, 0.4) is 0 Å². The maximum Gasteiger partial charge on any atom is 0.116 e. The normalized spacial score (nSPS) is 10.3. The van der Waals surface area contributed by atoms with E-state index < -0.39 is 5.97 Å². The summed E-state index contributed by atoms with van der Waals surface area (Å²) in [6.07, 6.45) is 0. The number of carboxylic acids is 1. The smallest absolute Gasteiger partial charge is 0.116 e. The summed E-state index contributed by atoms with van der Waals surface area (Å²) in [5, 5.41) is 22.7. The number of hydrogen-bond donors (Lipinski definition) is 0. The molecule has 0 unspecified atom stereocenters. The highest BCUT2D eigenvalue weighted by molar-refractivity contribution is 7.99. The number of pyridine rings is 1. The van der Waals surface area contributed by atoms with Crippen molar-refractivity contribution in [1.29, 1.82) is 5.26 Å². The van der Waals surface area contributed by atoms with E-state index in [0.29, 0.717) is 10.6 Å². The molecule has 2 heterocycles. The van der Waals surface area contributed by atoms with Gasteiger partial charge in [-0.15, -0.1) is 11.3 Å². The van der Waals surface area contributed by atoms with Crippen molar-refractivity contribution >= 4 is 29.1 Å². The maximum atomic E-state index is 10.8. The van der Waals surface area contributed by atoms with Crippen LogP contribution in [0.25, 0.3) is 21.7 Å². The zero-order valence-corrected chi connectivity index (χ0v) is 14.1. The first-order valence-electron chi connectivity index (χ1n) is 7.06. The molecular weight excluding hydrogens is 340 g/mol. The lowest BCUT2D eigenvalue weighted by Crippen LogP contribution is -2.24. The molecule has 0 fully saturated rings. The predicted octanol–water partition coefficient (Wildman–Crippen LogP) is 3.19. The van der Waals surface area contributed by atoms with Crippen LogP contribution >= 0.6 is 23.1 Å². The van der Waals surface area contributed by atoms with Gasteiger partial charge in [0.05, 0.1) is 22.1 Å². The summed E-state index contributed by atoms with van der Waals surface area (Å²) in [4.78, 5) is 16.3. The van der Waals surface area contributed by atoms with E-state index in [2.05, 4.69) is 11.1 Å². The van der Waals surface area contributed by atoms with Gasteiger partial charge in [0.15, 0.2) is 0 Å². The second-order valence-electron chi connectivity index (χ2n) is 4.85. The van der Waals surface area contributed by atoms with Crippen LogP contribution in [0.4, 0.5) is 0 Å². The maximum absolute atomic E-state index is 10.8. The first-order chi connectivity index (χ1) is 11.7. The Morgan fingerprint density at radius 1 is 1.25 bits per heavy atom. The van der Waals surface area contributed by atoms with Crippen LogP contribution < -0.4 is 5.11 Å². The van der Waals surface area contributed by atoms with Crippen molar-refractivity contribution in [1.82, 2.24) is 4.98 Å². The molecular formula is C18H11N2O2S2-. The number of aromatic nitrogens is 1. The first kappa shape index (κ1) is 16.2. The van der Waals surface area contributed by atoms with Crippen LogP contribution in [0.1, 0.15) is 5.56 Å². The van der Waals surface area contributed by atoms with Gasteiger partial charge in [-0.3, -0.25) is 0 Å². The Hall–Kier alpha value is -2.62. The Morgan fingerprint density at radius 3 is 2.67 bits per heavy atom. The third kappa shape index (κ3) is 3.48. The van der Waals surface area contributed by atoms with Crippen LogP contribution in [0.5, 0.6) is 0 Å². The topological polar surface area (TPSA) is 76.8 Å². The summed E-state index contributed by atoms with van der Waals surface area (Å²) in [6, 6.07) is 17.5. The van der Waals surface area contributed by atoms with Gasteiger partial charge in [-0.05, 0) is 23.1 Å². The highest BCUT2D eigenvalue weighted by Crippen LogP contribution is 2.35. The van der Waals surface area contributed by atoms with Crippen molar-refractivity contribution in [2.24, 2.45) is 0 Å². The average molecular weight is 351 g/mol. The third-order valence-electron chi connectivity index (χ3n) is 3.28. The zero-order chi connectivity index (χ0) is 16.9. The van der Waals surface area contributed by atoms with Gasteiger partial charge in [-0.1, -0.05) is 48.2 Å². The molecule has 0 N–H and O–H groups in total. The molecule has 0 saturated heterocycles. The van der Waals surface area contributed by atoms with Gasteiger partial charge >= 0.3 is 0 Å². The van der Waals surface area contributed by atoms with Crippen molar-refractivity contribution in [2.75, 3.05) is 5.75 Å². The van der Waals surface area contributed by atoms with Crippen LogP contribution in [0, 0.1) is 11.3 Å². The van der Waals surface area contributed by atoms with Crippen LogP contribution in [0.15, 0.2) is 58.9 Å². The summed E-state index contributed by atoms with van der Waals surface area (Å²) in [5.41, 5.74) is 2.75. The van der Waals surface area contributed by atoms with E-state index in [1.807, 2.05) is 53.9 Å². The van der Waals surface area contributed by atoms with Gasteiger partial charge in [0.25, 0.3) is 0 Å². The SMILES string of the molecule is N#Cc1c(-c2ccccc2)cc(-c2cccs2)nc1SCC(=O)[O-]. The number of aliphatic carboxylic acids is 1. The standard InChI is InChI=1S/C18H12N2O2S2/c19-10-14-13(12-5-2-1-3-6-12)9-15(16-7-4-8-23-16)20-18(14)24-11-17(21)22/h1-9H,11H2,(H,21,22)/p-1. The fraction of sp³-hybridized carbons (Fsp3) is 0.0556. The highest BCUT2D eigenvalue weighted by Gasteiger charge is 2.16. The van der Waals surface area contributed by atoms with Gasteiger partial charge in [0.1, 0.15) is 11.1 Å².